The predicted molar refractivity (Wildman–Crippen MR) is 95.1 cm³/mol. The molecule has 5 nitrogen and oxygen atoms in total. The minimum Gasteiger partial charge on any atom is -0.496 e. The van der Waals surface area contributed by atoms with Gasteiger partial charge < -0.3 is 9.47 Å². The highest BCUT2D eigenvalue weighted by atomic mass is 32.2. The fraction of sp³-hybridized carbons (Fsp3) is 0.667. The summed E-state index contributed by atoms with van der Waals surface area (Å²) in [5.74, 6) is 0.701. The molecule has 0 amide bonds. The molecule has 1 fully saturated rings. The molecule has 24 heavy (non-hydrogen) atoms. The number of sulfonamides is 1. The summed E-state index contributed by atoms with van der Waals surface area (Å²) in [6.07, 6.45) is 7.11. The summed E-state index contributed by atoms with van der Waals surface area (Å²) in [4.78, 5) is 0.314. The van der Waals surface area contributed by atoms with E-state index in [-0.39, 0.29) is 0 Å². The van der Waals surface area contributed by atoms with Crippen molar-refractivity contribution in [2.24, 2.45) is 0 Å². The molecule has 0 bridgehead atoms. The van der Waals surface area contributed by atoms with Crippen LogP contribution in [0.15, 0.2) is 17.0 Å². The minimum atomic E-state index is -3.50. The SMILES string of the molecule is COc1cc(C)c(S(=O)(=O)NCCCOC2CCCCC2)cc1C. The van der Waals surface area contributed by atoms with Crippen LogP contribution in [0.1, 0.15) is 49.7 Å². The first-order valence-corrected chi connectivity index (χ1v) is 10.2. The van der Waals surface area contributed by atoms with Gasteiger partial charge in [-0.25, -0.2) is 13.1 Å². The third-order valence-electron chi connectivity index (χ3n) is 4.50. The lowest BCUT2D eigenvalue weighted by Gasteiger charge is -2.22. The highest BCUT2D eigenvalue weighted by Crippen LogP contribution is 2.25. The number of ether oxygens (including phenoxy) is 2. The highest BCUT2D eigenvalue weighted by Gasteiger charge is 2.18. The maximum Gasteiger partial charge on any atom is 0.240 e. The first-order chi connectivity index (χ1) is 11.4. The van der Waals surface area contributed by atoms with Gasteiger partial charge in [0.1, 0.15) is 5.75 Å². The lowest BCUT2D eigenvalue weighted by molar-refractivity contribution is 0.0278. The van der Waals surface area contributed by atoms with E-state index in [0.717, 1.165) is 18.4 Å². The lowest BCUT2D eigenvalue weighted by Crippen LogP contribution is -2.27. The molecule has 0 saturated heterocycles. The molecule has 1 aliphatic rings. The van der Waals surface area contributed by atoms with Crippen LogP contribution in [0.25, 0.3) is 0 Å². The van der Waals surface area contributed by atoms with Gasteiger partial charge in [0.05, 0.1) is 18.1 Å². The van der Waals surface area contributed by atoms with E-state index in [2.05, 4.69) is 4.72 Å². The Morgan fingerprint density at radius 3 is 2.50 bits per heavy atom. The molecule has 0 aromatic heterocycles. The summed E-state index contributed by atoms with van der Waals surface area (Å²) >= 11 is 0. The Morgan fingerprint density at radius 2 is 1.83 bits per heavy atom. The molecule has 1 aromatic carbocycles. The van der Waals surface area contributed by atoms with E-state index in [1.807, 2.05) is 6.92 Å². The number of methoxy groups -OCH3 is 1. The molecule has 6 heteroatoms. The third kappa shape index (κ3) is 5.19. The van der Waals surface area contributed by atoms with Gasteiger partial charge in [-0.3, -0.25) is 0 Å². The van der Waals surface area contributed by atoms with Crippen molar-refractivity contribution in [2.75, 3.05) is 20.3 Å². The molecule has 0 atom stereocenters. The Hall–Kier alpha value is -1.11. The zero-order valence-electron chi connectivity index (χ0n) is 14.9. The second-order valence-corrected chi connectivity index (χ2v) is 8.20. The minimum absolute atomic E-state index is 0.314. The quantitative estimate of drug-likeness (QED) is 0.727. The summed E-state index contributed by atoms with van der Waals surface area (Å²) in [6, 6.07) is 3.42. The van der Waals surface area contributed by atoms with Crippen molar-refractivity contribution in [3.05, 3.63) is 23.3 Å². The summed E-state index contributed by atoms with van der Waals surface area (Å²) < 4.78 is 38.7. The van der Waals surface area contributed by atoms with Crippen molar-refractivity contribution >= 4 is 10.0 Å². The number of hydrogen-bond acceptors (Lipinski definition) is 4. The van der Waals surface area contributed by atoms with E-state index in [1.165, 1.54) is 19.3 Å². The van der Waals surface area contributed by atoms with Crippen LogP contribution < -0.4 is 9.46 Å². The van der Waals surface area contributed by atoms with Crippen LogP contribution in [0.3, 0.4) is 0 Å². The Bertz CT molecular complexity index is 637. The zero-order chi connectivity index (χ0) is 17.6. The first-order valence-electron chi connectivity index (χ1n) is 8.70. The van der Waals surface area contributed by atoms with E-state index < -0.39 is 10.0 Å². The fourth-order valence-corrected chi connectivity index (χ4v) is 4.49. The number of hydrogen-bond donors (Lipinski definition) is 1. The highest BCUT2D eigenvalue weighted by molar-refractivity contribution is 7.89. The molecule has 2 rings (SSSR count). The van der Waals surface area contributed by atoms with Gasteiger partial charge in [-0.05, 0) is 56.4 Å². The van der Waals surface area contributed by atoms with E-state index in [9.17, 15) is 8.42 Å². The van der Waals surface area contributed by atoms with Gasteiger partial charge in [-0.1, -0.05) is 19.3 Å². The second-order valence-electron chi connectivity index (χ2n) is 6.47. The smallest absolute Gasteiger partial charge is 0.240 e. The summed E-state index contributed by atoms with van der Waals surface area (Å²) in [7, 11) is -1.92. The number of aryl methyl sites for hydroxylation is 2. The van der Waals surface area contributed by atoms with Crippen LogP contribution in [0.2, 0.25) is 0 Å². The molecule has 1 saturated carbocycles. The van der Waals surface area contributed by atoms with Crippen molar-refractivity contribution in [2.45, 2.75) is 63.4 Å². The summed E-state index contributed by atoms with van der Waals surface area (Å²) in [6.45, 7) is 4.62. The van der Waals surface area contributed by atoms with Crippen LogP contribution in [-0.2, 0) is 14.8 Å². The molecular weight excluding hydrogens is 326 g/mol. The largest absolute Gasteiger partial charge is 0.496 e. The molecule has 1 N–H and O–H groups in total. The third-order valence-corrected chi connectivity index (χ3v) is 6.10. The topological polar surface area (TPSA) is 64.6 Å². The van der Waals surface area contributed by atoms with E-state index >= 15 is 0 Å². The van der Waals surface area contributed by atoms with Crippen molar-refractivity contribution < 1.29 is 17.9 Å². The standard InChI is InChI=1S/C18H29NO4S/c1-14-13-18(15(2)12-17(14)22-3)24(20,21)19-10-7-11-23-16-8-5-4-6-9-16/h12-13,16,19H,4-11H2,1-3H3. The lowest BCUT2D eigenvalue weighted by atomic mass is 9.98. The molecule has 0 spiro atoms. The Morgan fingerprint density at radius 1 is 1.12 bits per heavy atom. The van der Waals surface area contributed by atoms with E-state index in [4.69, 9.17) is 9.47 Å². The van der Waals surface area contributed by atoms with Crippen LogP contribution in [0.5, 0.6) is 5.75 Å². The second kappa shape index (κ2) is 8.83. The normalized spacial score (nSPS) is 16.3. The molecule has 0 radical (unpaired) electrons. The Labute approximate surface area is 145 Å². The van der Waals surface area contributed by atoms with Gasteiger partial charge in [-0.2, -0.15) is 0 Å². The summed E-state index contributed by atoms with van der Waals surface area (Å²) in [5, 5.41) is 0. The van der Waals surface area contributed by atoms with Gasteiger partial charge in [0, 0.05) is 13.2 Å². The van der Waals surface area contributed by atoms with Crippen molar-refractivity contribution in [3.63, 3.8) is 0 Å². The van der Waals surface area contributed by atoms with Crippen molar-refractivity contribution in [1.29, 1.82) is 0 Å². The first kappa shape index (κ1) is 19.2. The van der Waals surface area contributed by atoms with Crippen LogP contribution in [-0.4, -0.2) is 34.8 Å². The molecular formula is C18H29NO4S. The maximum atomic E-state index is 12.5. The molecule has 0 aliphatic heterocycles. The zero-order valence-corrected chi connectivity index (χ0v) is 15.7. The van der Waals surface area contributed by atoms with Gasteiger partial charge in [0.25, 0.3) is 0 Å². The van der Waals surface area contributed by atoms with Crippen molar-refractivity contribution in [1.82, 2.24) is 4.72 Å². The van der Waals surface area contributed by atoms with E-state index in [0.29, 0.717) is 41.9 Å². The van der Waals surface area contributed by atoms with Crippen LogP contribution in [0.4, 0.5) is 0 Å². The molecule has 136 valence electrons. The fourth-order valence-electron chi connectivity index (χ4n) is 3.11. The maximum absolute atomic E-state index is 12.5. The molecule has 0 unspecified atom stereocenters. The van der Waals surface area contributed by atoms with Gasteiger partial charge in [-0.15, -0.1) is 0 Å². The monoisotopic (exact) mass is 355 g/mol. The predicted octanol–water partition coefficient (Wildman–Crippen LogP) is 3.33. The molecule has 0 heterocycles. The number of nitrogens with one attached hydrogen (secondary N) is 1. The van der Waals surface area contributed by atoms with Gasteiger partial charge in [0.2, 0.25) is 10.0 Å². The average molecular weight is 356 g/mol. The van der Waals surface area contributed by atoms with Crippen LogP contribution >= 0.6 is 0 Å². The van der Waals surface area contributed by atoms with Gasteiger partial charge in [0.15, 0.2) is 0 Å². The Kier molecular flexibility index (Phi) is 7.07. The van der Waals surface area contributed by atoms with Crippen molar-refractivity contribution in [3.8, 4) is 5.75 Å². The van der Waals surface area contributed by atoms with E-state index in [1.54, 1.807) is 26.2 Å². The molecule has 1 aromatic rings. The Balaban J connectivity index is 1.84. The number of benzene rings is 1. The van der Waals surface area contributed by atoms with Crippen LogP contribution in [0, 0.1) is 13.8 Å². The number of rotatable bonds is 8. The summed E-state index contributed by atoms with van der Waals surface area (Å²) in [5.41, 5.74) is 1.49. The average Bonchev–Trinajstić information content (AvgIpc) is 2.57. The molecule has 1 aliphatic carbocycles. The van der Waals surface area contributed by atoms with Gasteiger partial charge >= 0.3 is 0 Å².